The van der Waals surface area contributed by atoms with E-state index in [2.05, 4.69) is 10.3 Å². The van der Waals surface area contributed by atoms with Crippen LogP contribution < -0.4 is 10.9 Å². The summed E-state index contributed by atoms with van der Waals surface area (Å²) in [4.78, 5) is 41.7. The molecule has 2 aromatic heterocycles. The number of amides is 1. The van der Waals surface area contributed by atoms with Crippen molar-refractivity contribution < 1.29 is 28.9 Å². The van der Waals surface area contributed by atoms with Gasteiger partial charge in [-0.05, 0) is 24.0 Å². The number of nitrogens with one attached hydrogen (secondary N) is 1. The van der Waals surface area contributed by atoms with Crippen molar-refractivity contribution in [3.05, 3.63) is 56.6 Å². The quantitative estimate of drug-likeness (QED) is 0.286. The number of rotatable bonds is 4. The number of aromatic nitrogens is 2. The lowest BCUT2D eigenvalue weighted by Gasteiger charge is -2.21. The van der Waals surface area contributed by atoms with Gasteiger partial charge in [0.2, 0.25) is 5.91 Å². The molecule has 1 unspecified atom stereocenters. The highest BCUT2D eigenvalue weighted by Gasteiger charge is 2.34. The lowest BCUT2D eigenvalue weighted by atomic mass is 9.98. The highest BCUT2D eigenvalue weighted by Crippen LogP contribution is 2.39. The highest BCUT2D eigenvalue weighted by atomic mass is 32.2. The zero-order valence-corrected chi connectivity index (χ0v) is 20.2. The second kappa shape index (κ2) is 9.76. The molecule has 0 radical (unpaired) electrons. The van der Waals surface area contributed by atoms with Crippen molar-refractivity contribution >= 4 is 34.5 Å². The van der Waals surface area contributed by atoms with E-state index in [-0.39, 0.29) is 30.8 Å². The number of ether oxygens (including phenoxy) is 1. The topological polar surface area (TPSA) is 131 Å². The number of aliphatic hydroxyl groups excluding tert-OH is 2. The SMILES string of the molecule is CC.CSc1cc2c(CNC(=O)CO)c3c(nc2cc1F)-c1cc2c(c(=O)n1C3)COC(=O)C2O. The molecule has 0 fully saturated rings. The number of halogens is 1. The van der Waals surface area contributed by atoms with Crippen LogP contribution in [0.25, 0.3) is 22.3 Å². The number of cyclic esters (lactones) is 1. The summed E-state index contributed by atoms with van der Waals surface area (Å²) in [5.41, 5.74) is 2.34. The Morgan fingerprint density at radius 2 is 2.03 bits per heavy atom. The molecule has 0 aliphatic carbocycles. The van der Waals surface area contributed by atoms with Crippen LogP contribution in [0.3, 0.4) is 0 Å². The Morgan fingerprint density at radius 1 is 1.29 bits per heavy atom. The predicted octanol–water partition coefficient (Wildman–Crippen LogP) is 2.01. The van der Waals surface area contributed by atoms with E-state index in [4.69, 9.17) is 9.84 Å². The molecule has 1 atom stereocenters. The Labute approximate surface area is 203 Å². The summed E-state index contributed by atoms with van der Waals surface area (Å²) in [5, 5.41) is 22.6. The van der Waals surface area contributed by atoms with Gasteiger partial charge in [-0.15, -0.1) is 11.8 Å². The van der Waals surface area contributed by atoms with Gasteiger partial charge in [-0.3, -0.25) is 9.59 Å². The normalized spacial score (nSPS) is 15.5. The van der Waals surface area contributed by atoms with Crippen molar-refractivity contribution in [1.82, 2.24) is 14.9 Å². The van der Waals surface area contributed by atoms with E-state index >= 15 is 0 Å². The third kappa shape index (κ3) is 4.09. The van der Waals surface area contributed by atoms with Crippen molar-refractivity contribution in [2.75, 3.05) is 12.9 Å². The average Bonchev–Trinajstić information content (AvgIpc) is 3.23. The maximum Gasteiger partial charge on any atom is 0.340 e. The zero-order valence-electron chi connectivity index (χ0n) is 19.3. The second-order valence-electron chi connectivity index (χ2n) is 7.72. The van der Waals surface area contributed by atoms with Gasteiger partial charge in [-0.25, -0.2) is 14.2 Å². The Balaban J connectivity index is 0.00000141. The molecule has 2 aliphatic heterocycles. The van der Waals surface area contributed by atoms with Gasteiger partial charge in [-0.2, -0.15) is 0 Å². The summed E-state index contributed by atoms with van der Waals surface area (Å²) in [7, 11) is 0. The summed E-state index contributed by atoms with van der Waals surface area (Å²) in [6.07, 6.45) is 0.161. The fraction of sp³-hybridized carbons (Fsp3) is 0.333. The number of benzene rings is 1. The molecule has 0 saturated carbocycles. The van der Waals surface area contributed by atoms with Gasteiger partial charge in [0.15, 0.2) is 6.10 Å². The van der Waals surface area contributed by atoms with Gasteiger partial charge in [0.05, 0.1) is 29.0 Å². The summed E-state index contributed by atoms with van der Waals surface area (Å²) in [5.74, 6) is -1.87. The van der Waals surface area contributed by atoms with Crippen LogP contribution >= 0.6 is 11.8 Å². The Kier molecular flexibility index (Phi) is 6.93. The number of thioether (sulfide) groups is 1. The number of hydrogen-bond donors (Lipinski definition) is 3. The molecule has 184 valence electrons. The van der Waals surface area contributed by atoms with E-state index in [1.807, 2.05) is 13.8 Å². The third-order valence-corrected chi connectivity index (χ3v) is 6.71. The predicted molar refractivity (Wildman–Crippen MR) is 127 cm³/mol. The number of hydrogen-bond acceptors (Lipinski definition) is 8. The molecular formula is C24H24FN3O6S. The van der Waals surface area contributed by atoms with Gasteiger partial charge in [-0.1, -0.05) is 13.8 Å². The molecule has 3 aromatic rings. The molecule has 1 amide bonds. The molecule has 5 rings (SSSR count). The van der Waals surface area contributed by atoms with Gasteiger partial charge >= 0.3 is 5.97 Å². The smallest absolute Gasteiger partial charge is 0.340 e. The molecule has 4 heterocycles. The van der Waals surface area contributed by atoms with Crippen LogP contribution in [0.1, 0.15) is 42.2 Å². The molecule has 0 spiro atoms. The zero-order chi connectivity index (χ0) is 25.4. The lowest BCUT2D eigenvalue weighted by Crippen LogP contribution is -2.32. The van der Waals surface area contributed by atoms with Crippen molar-refractivity contribution in [2.24, 2.45) is 0 Å². The van der Waals surface area contributed by atoms with E-state index < -0.39 is 36.0 Å². The Hall–Kier alpha value is -3.28. The lowest BCUT2D eigenvalue weighted by molar-refractivity contribution is -0.157. The molecule has 1 aromatic carbocycles. The Bertz CT molecular complexity index is 1420. The van der Waals surface area contributed by atoms with Gasteiger partial charge in [0.25, 0.3) is 5.56 Å². The van der Waals surface area contributed by atoms with Crippen LogP contribution in [-0.2, 0) is 34.0 Å². The van der Waals surface area contributed by atoms with Crippen LogP contribution in [-0.4, -0.2) is 44.5 Å². The van der Waals surface area contributed by atoms with Crippen LogP contribution in [0.5, 0.6) is 0 Å². The number of esters is 1. The minimum absolute atomic E-state index is 0.0346. The third-order valence-electron chi connectivity index (χ3n) is 5.95. The molecule has 2 aliphatic rings. The standard InChI is InChI=1S/C22H18FN3O6S.C2H6/c1-33-17-3-9-11(5-24-18(28)7-27)12-6-26-16(19(12)25-15(9)4-14(17)23)2-10-13(21(26)30)8-32-22(31)20(10)29;1-2/h2-4,20,27,29H,5-8H2,1H3,(H,24,28);1-2H3. The first kappa shape index (κ1) is 24.8. The molecule has 0 bridgehead atoms. The largest absolute Gasteiger partial charge is 0.458 e. The molecular weight excluding hydrogens is 477 g/mol. The minimum Gasteiger partial charge on any atom is -0.458 e. The first-order valence-electron chi connectivity index (χ1n) is 11.0. The van der Waals surface area contributed by atoms with Crippen molar-refractivity contribution in [3.63, 3.8) is 0 Å². The fourth-order valence-electron chi connectivity index (χ4n) is 4.31. The van der Waals surface area contributed by atoms with Crippen LogP contribution in [0.4, 0.5) is 4.39 Å². The van der Waals surface area contributed by atoms with Crippen molar-refractivity contribution in [3.8, 4) is 11.4 Å². The number of aliphatic hydroxyl groups is 2. The van der Waals surface area contributed by atoms with Crippen molar-refractivity contribution in [1.29, 1.82) is 0 Å². The van der Waals surface area contributed by atoms with E-state index in [0.717, 1.165) is 0 Å². The maximum atomic E-state index is 14.5. The number of carbonyl (C=O) groups is 2. The first-order valence-corrected chi connectivity index (χ1v) is 12.2. The minimum atomic E-state index is -1.58. The van der Waals surface area contributed by atoms with Gasteiger partial charge < -0.3 is 24.8 Å². The average molecular weight is 502 g/mol. The van der Waals surface area contributed by atoms with Crippen molar-refractivity contribution in [2.45, 2.75) is 44.5 Å². The molecule has 35 heavy (non-hydrogen) atoms. The van der Waals surface area contributed by atoms with Gasteiger partial charge in [0.1, 0.15) is 19.0 Å². The summed E-state index contributed by atoms with van der Waals surface area (Å²) in [6.45, 7) is 3.25. The first-order chi connectivity index (χ1) is 16.8. The number of fused-ring (bicyclic) bond motifs is 5. The summed E-state index contributed by atoms with van der Waals surface area (Å²) >= 11 is 1.23. The fourth-order valence-corrected chi connectivity index (χ4v) is 4.80. The number of nitrogens with zero attached hydrogens (tertiary/aromatic N) is 2. The molecule has 0 saturated heterocycles. The Morgan fingerprint density at radius 3 is 2.71 bits per heavy atom. The highest BCUT2D eigenvalue weighted by molar-refractivity contribution is 7.98. The maximum absolute atomic E-state index is 14.5. The number of carbonyl (C=O) groups excluding carboxylic acids is 2. The van der Waals surface area contributed by atoms with E-state index in [1.165, 1.54) is 28.5 Å². The number of pyridine rings is 2. The molecule has 11 heteroatoms. The van der Waals surface area contributed by atoms with E-state index in [1.54, 1.807) is 12.3 Å². The summed E-state index contributed by atoms with van der Waals surface area (Å²) < 4.78 is 20.9. The summed E-state index contributed by atoms with van der Waals surface area (Å²) in [6, 6.07) is 4.48. The molecule has 9 nitrogen and oxygen atoms in total. The second-order valence-corrected chi connectivity index (χ2v) is 8.57. The molecule has 3 N–H and O–H groups in total. The van der Waals surface area contributed by atoms with Crippen LogP contribution in [0, 0.1) is 5.82 Å². The monoisotopic (exact) mass is 501 g/mol. The van der Waals surface area contributed by atoms with Crippen LogP contribution in [0.15, 0.2) is 27.9 Å². The van der Waals surface area contributed by atoms with E-state index in [0.29, 0.717) is 38.3 Å². The van der Waals surface area contributed by atoms with E-state index in [9.17, 15) is 23.9 Å². The van der Waals surface area contributed by atoms with Gasteiger partial charge in [0, 0.05) is 34.0 Å². The van der Waals surface area contributed by atoms with Crippen LogP contribution in [0.2, 0.25) is 0 Å².